The van der Waals surface area contributed by atoms with Crippen molar-refractivity contribution in [2.75, 3.05) is 26.9 Å². The van der Waals surface area contributed by atoms with Gasteiger partial charge in [0.25, 0.3) is 0 Å². The molecule has 0 unspecified atom stereocenters. The lowest BCUT2D eigenvalue weighted by Gasteiger charge is -2.27. The molecule has 20 heavy (non-hydrogen) atoms. The van der Waals surface area contributed by atoms with Gasteiger partial charge in [-0.2, -0.15) is 0 Å². The van der Waals surface area contributed by atoms with Crippen molar-refractivity contribution in [2.45, 2.75) is 33.4 Å². The van der Waals surface area contributed by atoms with Crippen molar-refractivity contribution in [1.29, 1.82) is 0 Å². The smallest absolute Gasteiger partial charge is 0.249 e. The van der Waals surface area contributed by atoms with Gasteiger partial charge in [-0.1, -0.05) is 29.8 Å². The maximum absolute atomic E-state index is 12.2. The van der Waals surface area contributed by atoms with Gasteiger partial charge in [0.2, 0.25) is 5.91 Å². The monoisotopic (exact) mass is 279 g/mol. The number of hydrogen-bond acceptors (Lipinski definition) is 3. The van der Waals surface area contributed by atoms with E-state index in [9.17, 15) is 4.79 Å². The van der Waals surface area contributed by atoms with Crippen LogP contribution in [0.25, 0.3) is 0 Å². The molecule has 112 valence electrons. The first kappa shape index (κ1) is 16.7. The predicted octanol–water partition coefficient (Wildman–Crippen LogP) is 2.40. The van der Waals surface area contributed by atoms with Crippen molar-refractivity contribution in [3.8, 4) is 0 Å². The van der Waals surface area contributed by atoms with E-state index in [-0.39, 0.29) is 18.6 Å². The van der Waals surface area contributed by atoms with Gasteiger partial charge in [0.05, 0.1) is 13.2 Å². The van der Waals surface area contributed by atoms with Gasteiger partial charge in [-0.15, -0.1) is 0 Å². The zero-order valence-corrected chi connectivity index (χ0v) is 12.9. The number of carbonyl (C=O) groups is 1. The zero-order valence-electron chi connectivity index (χ0n) is 12.9. The first-order chi connectivity index (χ1) is 9.54. The lowest BCUT2D eigenvalue weighted by Crippen LogP contribution is -2.39. The molecule has 0 spiro atoms. The third kappa shape index (κ3) is 5.72. The summed E-state index contributed by atoms with van der Waals surface area (Å²) in [6, 6.07) is 8.37. The molecule has 1 aromatic carbocycles. The van der Waals surface area contributed by atoms with Gasteiger partial charge in [-0.3, -0.25) is 4.79 Å². The number of rotatable bonds is 8. The molecule has 0 radical (unpaired) electrons. The Morgan fingerprint density at radius 1 is 1.30 bits per heavy atom. The number of nitrogens with zero attached hydrogens (tertiary/aromatic N) is 1. The fourth-order valence-corrected chi connectivity index (χ4v) is 1.95. The van der Waals surface area contributed by atoms with Gasteiger partial charge in [0.1, 0.15) is 6.61 Å². The van der Waals surface area contributed by atoms with E-state index in [1.807, 2.05) is 30.9 Å². The summed E-state index contributed by atoms with van der Waals surface area (Å²) in [5, 5.41) is 0. The Balaban J connectivity index is 2.57. The van der Waals surface area contributed by atoms with E-state index >= 15 is 0 Å². The lowest BCUT2D eigenvalue weighted by atomic mass is 10.1. The van der Waals surface area contributed by atoms with E-state index in [1.165, 1.54) is 5.56 Å². The van der Waals surface area contributed by atoms with E-state index in [1.54, 1.807) is 7.11 Å². The second kappa shape index (κ2) is 8.72. The summed E-state index contributed by atoms with van der Waals surface area (Å²) < 4.78 is 10.2. The van der Waals surface area contributed by atoms with Gasteiger partial charge >= 0.3 is 0 Å². The Morgan fingerprint density at radius 3 is 2.65 bits per heavy atom. The zero-order chi connectivity index (χ0) is 15.0. The molecule has 1 amide bonds. The van der Waals surface area contributed by atoms with Crippen LogP contribution in [0.1, 0.15) is 25.0 Å². The molecule has 0 bridgehead atoms. The number of benzene rings is 1. The molecule has 4 heteroatoms. The molecule has 0 saturated carbocycles. The summed E-state index contributed by atoms with van der Waals surface area (Å²) in [4.78, 5) is 14.0. The molecular formula is C16H25NO3. The quantitative estimate of drug-likeness (QED) is 0.686. The number of aryl methyl sites for hydroxylation is 1. The van der Waals surface area contributed by atoms with Gasteiger partial charge in [0.15, 0.2) is 0 Å². The summed E-state index contributed by atoms with van der Waals surface area (Å²) >= 11 is 0. The number of ether oxygens (including phenoxy) is 2. The fourth-order valence-electron chi connectivity index (χ4n) is 1.95. The highest BCUT2D eigenvalue weighted by Crippen LogP contribution is 2.10. The Hall–Kier alpha value is -1.39. The molecular weight excluding hydrogens is 254 g/mol. The average molecular weight is 279 g/mol. The van der Waals surface area contributed by atoms with E-state index in [0.29, 0.717) is 19.8 Å². The van der Waals surface area contributed by atoms with Crippen LogP contribution in [0.15, 0.2) is 24.3 Å². The van der Waals surface area contributed by atoms with Crippen LogP contribution in [-0.2, 0) is 20.8 Å². The Labute approximate surface area is 121 Å². The lowest BCUT2D eigenvalue weighted by molar-refractivity contribution is -0.139. The molecule has 0 N–H and O–H groups in total. The molecule has 0 aromatic heterocycles. The van der Waals surface area contributed by atoms with E-state index in [4.69, 9.17) is 9.47 Å². The summed E-state index contributed by atoms with van der Waals surface area (Å²) in [6.45, 7) is 7.76. The van der Waals surface area contributed by atoms with E-state index in [0.717, 1.165) is 5.56 Å². The largest absolute Gasteiger partial charge is 0.382 e. The first-order valence-corrected chi connectivity index (χ1v) is 6.96. The van der Waals surface area contributed by atoms with Crippen LogP contribution in [0.4, 0.5) is 0 Å². The van der Waals surface area contributed by atoms with Gasteiger partial charge < -0.3 is 14.4 Å². The number of methoxy groups -OCH3 is 1. The first-order valence-electron chi connectivity index (χ1n) is 6.96. The van der Waals surface area contributed by atoms with Crippen molar-refractivity contribution < 1.29 is 14.3 Å². The van der Waals surface area contributed by atoms with Crippen LogP contribution < -0.4 is 0 Å². The molecule has 1 aromatic rings. The summed E-state index contributed by atoms with van der Waals surface area (Å²) in [7, 11) is 1.61. The standard InChI is InChI=1S/C16H25NO3/c1-13(2)17(16(18)12-20-9-8-19-4)11-15-7-5-6-14(3)10-15/h5-7,10,13H,8-9,11-12H2,1-4H3. The van der Waals surface area contributed by atoms with Crippen LogP contribution in [-0.4, -0.2) is 43.8 Å². The highest BCUT2D eigenvalue weighted by atomic mass is 16.5. The summed E-state index contributed by atoms with van der Waals surface area (Å²) in [5.41, 5.74) is 2.35. The highest BCUT2D eigenvalue weighted by molar-refractivity contribution is 5.77. The molecule has 0 aliphatic carbocycles. The van der Waals surface area contributed by atoms with E-state index < -0.39 is 0 Å². The van der Waals surface area contributed by atoms with Crippen molar-refractivity contribution in [3.63, 3.8) is 0 Å². The minimum absolute atomic E-state index is 0.0117. The maximum Gasteiger partial charge on any atom is 0.249 e. The fraction of sp³-hybridized carbons (Fsp3) is 0.562. The van der Waals surface area contributed by atoms with Crippen LogP contribution >= 0.6 is 0 Å². The Bertz CT molecular complexity index is 418. The molecule has 0 aliphatic rings. The highest BCUT2D eigenvalue weighted by Gasteiger charge is 2.17. The number of amides is 1. The SMILES string of the molecule is COCCOCC(=O)N(Cc1cccc(C)c1)C(C)C. The van der Waals surface area contributed by atoms with Crippen LogP contribution in [0, 0.1) is 6.92 Å². The summed E-state index contributed by atoms with van der Waals surface area (Å²) in [5.74, 6) is 0.0117. The van der Waals surface area contributed by atoms with Gasteiger partial charge in [-0.05, 0) is 26.3 Å². The predicted molar refractivity (Wildman–Crippen MR) is 79.6 cm³/mol. The molecule has 0 aliphatic heterocycles. The molecule has 0 atom stereocenters. The molecule has 0 heterocycles. The van der Waals surface area contributed by atoms with Crippen LogP contribution in [0.2, 0.25) is 0 Å². The Morgan fingerprint density at radius 2 is 2.05 bits per heavy atom. The Kier molecular flexibility index (Phi) is 7.26. The third-order valence-corrected chi connectivity index (χ3v) is 3.04. The number of carbonyl (C=O) groups excluding carboxylic acids is 1. The topological polar surface area (TPSA) is 38.8 Å². The second-order valence-corrected chi connectivity index (χ2v) is 5.15. The minimum atomic E-state index is 0.0117. The van der Waals surface area contributed by atoms with Gasteiger partial charge in [-0.25, -0.2) is 0 Å². The van der Waals surface area contributed by atoms with Gasteiger partial charge in [0, 0.05) is 19.7 Å². The van der Waals surface area contributed by atoms with Crippen LogP contribution in [0.5, 0.6) is 0 Å². The van der Waals surface area contributed by atoms with E-state index in [2.05, 4.69) is 19.1 Å². The van der Waals surface area contributed by atoms with Crippen molar-refractivity contribution >= 4 is 5.91 Å². The number of hydrogen-bond donors (Lipinski definition) is 0. The molecule has 4 nitrogen and oxygen atoms in total. The maximum atomic E-state index is 12.2. The summed E-state index contributed by atoms with van der Waals surface area (Å²) in [6.07, 6.45) is 0. The molecule has 0 fully saturated rings. The van der Waals surface area contributed by atoms with Crippen LogP contribution in [0.3, 0.4) is 0 Å². The third-order valence-electron chi connectivity index (χ3n) is 3.04. The normalized spacial score (nSPS) is 10.8. The second-order valence-electron chi connectivity index (χ2n) is 5.15. The van der Waals surface area contributed by atoms with Crippen molar-refractivity contribution in [1.82, 2.24) is 4.90 Å². The average Bonchev–Trinajstić information content (AvgIpc) is 2.40. The van der Waals surface area contributed by atoms with Crippen molar-refractivity contribution in [3.05, 3.63) is 35.4 Å². The molecule has 0 saturated heterocycles. The minimum Gasteiger partial charge on any atom is -0.382 e. The van der Waals surface area contributed by atoms with Crippen molar-refractivity contribution in [2.24, 2.45) is 0 Å². The molecule has 1 rings (SSSR count).